The van der Waals surface area contributed by atoms with E-state index in [9.17, 15) is 5.11 Å². The Hall–Kier alpha value is -2.91. The van der Waals surface area contributed by atoms with Gasteiger partial charge < -0.3 is 10.0 Å². The number of benzene rings is 2. The molecule has 3 nitrogen and oxygen atoms in total. The number of phenolic OH excluding ortho intramolecular Hbond substituents is 1. The summed E-state index contributed by atoms with van der Waals surface area (Å²) in [7, 11) is 0. The fourth-order valence-corrected chi connectivity index (χ4v) is 4.52. The Morgan fingerprint density at radius 3 is 2.23 bits per heavy atom. The van der Waals surface area contributed by atoms with Gasteiger partial charge in [-0.05, 0) is 92.2 Å². The van der Waals surface area contributed by atoms with Crippen LogP contribution in [0, 0.1) is 0 Å². The first-order valence-corrected chi connectivity index (χ1v) is 11.5. The van der Waals surface area contributed by atoms with Crippen LogP contribution in [0.2, 0.25) is 0 Å². The van der Waals surface area contributed by atoms with E-state index in [0.29, 0.717) is 0 Å². The molecule has 3 heteroatoms. The molecule has 1 saturated heterocycles. The summed E-state index contributed by atoms with van der Waals surface area (Å²) in [5, 5.41) is 9.79. The number of allylic oxidation sites excluding steroid dienone is 1. The third-order valence-corrected chi connectivity index (χ3v) is 6.15. The highest BCUT2D eigenvalue weighted by Crippen LogP contribution is 2.34. The number of hydrogen-bond donors (Lipinski definition) is 1. The van der Waals surface area contributed by atoms with E-state index >= 15 is 0 Å². The summed E-state index contributed by atoms with van der Waals surface area (Å²) in [5.41, 5.74) is 7.07. The Labute approximate surface area is 186 Å². The van der Waals surface area contributed by atoms with Crippen molar-refractivity contribution < 1.29 is 5.11 Å². The standard InChI is InChI=1S/C28H32N2O/c1-2-27(22-9-4-3-5-10-22)28(23-13-16-26(31)17-14-23)24-12-15-25(29-21-24)11-8-20-30-18-6-7-19-30/h3-5,9-10,12-17,21,31H,2,6-8,11,18-20H2,1H3/b28-27-. The van der Waals surface area contributed by atoms with Crippen LogP contribution >= 0.6 is 0 Å². The topological polar surface area (TPSA) is 36.4 Å². The molecule has 4 rings (SSSR count). The van der Waals surface area contributed by atoms with Crippen LogP contribution in [0.3, 0.4) is 0 Å². The molecule has 0 unspecified atom stereocenters. The Balaban J connectivity index is 1.62. The molecule has 0 saturated carbocycles. The van der Waals surface area contributed by atoms with Gasteiger partial charge in [0.1, 0.15) is 5.75 Å². The minimum atomic E-state index is 0.285. The number of nitrogens with zero attached hydrogens (tertiary/aromatic N) is 2. The summed E-state index contributed by atoms with van der Waals surface area (Å²) < 4.78 is 0. The molecule has 31 heavy (non-hydrogen) atoms. The predicted molar refractivity (Wildman–Crippen MR) is 129 cm³/mol. The van der Waals surface area contributed by atoms with E-state index in [-0.39, 0.29) is 5.75 Å². The second kappa shape index (κ2) is 10.4. The summed E-state index contributed by atoms with van der Waals surface area (Å²) in [5.74, 6) is 0.285. The van der Waals surface area contributed by atoms with Gasteiger partial charge >= 0.3 is 0 Å². The van der Waals surface area contributed by atoms with Gasteiger partial charge in [0.25, 0.3) is 0 Å². The van der Waals surface area contributed by atoms with E-state index in [1.54, 1.807) is 12.1 Å². The molecule has 1 aromatic heterocycles. The van der Waals surface area contributed by atoms with Crippen LogP contribution in [-0.2, 0) is 6.42 Å². The lowest BCUT2D eigenvalue weighted by Gasteiger charge is -2.17. The van der Waals surface area contributed by atoms with Crippen molar-refractivity contribution in [1.29, 1.82) is 0 Å². The molecule has 0 atom stereocenters. The number of phenols is 1. The molecule has 1 aliphatic rings. The third kappa shape index (κ3) is 5.42. The van der Waals surface area contributed by atoms with Gasteiger partial charge in [0.05, 0.1) is 0 Å². The zero-order chi connectivity index (χ0) is 21.5. The molecular formula is C28H32N2O. The van der Waals surface area contributed by atoms with Gasteiger partial charge in [0.15, 0.2) is 0 Å². The number of aromatic hydroxyl groups is 1. The van der Waals surface area contributed by atoms with Crippen LogP contribution in [0.25, 0.3) is 11.1 Å². The summed E-state index contributed by atoms with van der Waals surface area (Å²) in [4.78, 5) is 7.38. The summed E-state index contributed by atoms with van der Waals surface area (Å²) in [6.45, 7) is 5.89. The lowest BCUT2D eigenvalue weighted by molar-refractivity contribution is 0.333. The molecule has 0 amide bonds. The first kappa shape index (κ1) is 21.3. The summed E-state index contributed by atoms with van der Waals surface area (Å²) in [6.07, 6.45) is 7.82. The van der Waals surface area contributed by atoms with Crippen molar-refractivity contribution in [2.45, 2.75) is 39.0 Å². The van der Waals surface area contributed by atoms with E-state index in [0.717, 1.165) is 36.1 Å². The Kier molecular flexibility index (Phi) is 7.16. The van der Waals surface area contributed by atoms with Crippen LogP contribution in [0.15, 0.2) is 72.9 Å². The maximum absolute atomic E-state index is 9.79. The molecule has 160 valence electrons. The molecule has 0 aliphatic carbocycles. The molecular weight excluding hydrogens is 380 g/mol. The highest BCUT2D eigenvalue weighted by atomic mass is 16.3. The maximum Gasteiger partial charge on any atom is 0.115 e. The van der Waals surface area contributed by atoms with Gasteiger partial charge in [-0.1, -0.05) is 55.5 Å². The first-order valence-electron chi connectivity index (χ1n) is 11.5. The van der Waals surface area contributed by atoms with Crippen LogP contribution in [-0.4, -0.2) is 34.6 Å². The zero-order valence-electron chi connectivity index (χ0n) is 18.4. The quantitative estimate of drug-likeness (QED) is 0.449. The molecule has 1 N–H and O–H groups in total. The largest absolute Gasteiger partial charge is 0.508 e. The highest BCUT2D eigenvalue weighted by molar-refractivity contribution is 5.98. The third-order valence-electron chi connectivity index (χ3n) is 6.15. The van der Waals surface area contributed by atoms with Crippen LogP contribution in [0.1, 0.15) is 55.0 Å². The van der Waals surface area contributed by atoms with Gasteiger partial charge in [-0.15, -0.1) is 0 Å². The fourth-order valence-electron chi connectivity index (χ4n) is 4.52. The smallest absolute Gasteiger partial charge is 0.115 e. The Bertz CT molecular complexity index is 985. The monoisotopic (exact) mass is 412 g/mol. The van der Waals surface area contributed by atoms with Crippen molar-refractivity contribution in [3.8, 4) is 5.75 Å². The predicted octanol–water partition coefficient (Wildman–Crippen LogP) is 6.18. The average Bonchev–Trinajstić information content (AvgIpc) is 3.33. The molecule has 3 aromatic rings. The number of aryl methyl sites for hydroxylation is 1. The molecule has 1 aliphatic heterocycles. The second-order valence-corrected chi connectivity index (χ2v) is 8.31. The van der Waals surface area contributed by atoms with Crippen LogP contribution < -0.4 is 0 Å². The number of pyridine rings is 1. The molecule has 1 fully saturated rings. The van der Waals surface area contributed by atoms with E-state index in [1.807, 2.05) is 18.3 Å². The molecule has 0 spiro atoms. The molecule has 2 aromatic carbocycles. The van der Waals surface area contributed by atoms with Crippen molar-refractivity contribution in [2.24, 2.45) is 0 Å². The second-order valence-electron chi connectivity index (χ2n) is 8.31. The van der Waals surface area contributed by atoms with Gasteiger partial charge in [-0.3, -0.25) is 4.98 Å². The summed E-state index contributed by atoms with van der Waals surface area (Å²) >= 11 is 0. The van der Waals surface area contributed by atoms with Gasteiger partial charge in [0, 0.05) is 17.5 Å². The van der Waals surface area contributed by atoms with Crippen molar-refractivity contribution in [2.75, 3.05) is 19.6 Å². The minimum absolute atomic E-state index is 0.285. The summed E-state index contributed by atoms with van der Waals surface area (Å²) in [6, 6.07) is 22.4. The normalized spacial score (nSPS) is 15.1. The van der Waals surface area contributed by atoms with E-state index in [2.05, 4.69) is 54.3 Å². The molecule has 0 radical (unpaired) electrons. The zero-order valence-corrected chi connectivity index (χ0v) is 18.4. The minimum Gasteiger partial charge on any atom is -0.508 e. The average molecular weight is 413 g/mol. The van der Waals surface area contributed by atoms with Crippen molar-refractivity contribution in [1.82, 2.24) is 9.88 Å². The number of likely N-dealkylation sites (tertiary alicyclic amines) is 1. The molecule has 2 heterocycles. The van der Waals surface area contributed by atoms with Gasteiger partial charge in [-0.25, -0.2) is 0 Å². The van der Waals surface area contributed by atoms with Crippen LogP contribution in [0.5, 0.6) is 5.75 Å². The van der Waals surface area contributed by atoms with E-state index in [1.165, 1.54) is 49.2 Å². The number of rotatable bonds is 8. The van der Waals surface area contributed by atoms with Crippen molar-refractivity contribution in [3.63, 3.8) is 0 Å². The Morgan fingerprint density at radius 2 is 1.58 bits per heavy atom. The van der Waals surface area contributed by atoms with Gasteiger partial charge in [0.2, 0.25) is 0 Å². The van der Waals surface area contributed by atoms with E-state index in [4.69, 9.17) is 4.98 Å². The Morgan fingerprint density at radius 1 is 0.871 bits per heavy atom. The molecule has 0 bridgehead atoms. The van der Waals surface area contributed by atoms with Crippen LogP contribution in [0.4, 0.5) is 0 Å². The lowest BCUT2D eigenvalue weighted by Crippen LogP contribution is -2.20. The highest BCUT2D eigenvalue weighted by Gasteiger charge is 2.14. The maximum atomic E-state index is 9.79. The number of aromatic nitrogens is 1. The van der Waals surface area contributed by atoms with Crippen molar-refractivity contribution in [3.05, 3.63) is 95.3 Å². The fraction of sp³-hybridized carbons (Fsp3) is 0.321. The SMILES string of the molecule is CC/C(=C(\c1ccc(O)cc1)c1ccc(CCCN2CCCC2)nc1)c1ccccc1. The number of hydrogen-bond acceptors (Lipinski definition) is 3. The van der Waals surface area contributed by atoms with Gasteiger partial charge in [-0.2, -0.15) is 0 Å². The van der Waals surface area contributed by atoms with Crippen molar-refractivity contribution >= 4 is 11.1 Å². The first-order chi connectivity index (χ1) is 15.2. The lowest BCUT2D eigenvalue weighted by atomic mass is 9.89. The van der Waals surface area contributed by atoms with E-state index < -0.39 is 0 Å².